The summed E-state index contributed by atoms with van der Waals surface area (Å²) < 4.78 is 15.9. The Balaban J connectivity index is 1.61. The van der Waals surface area contributed by atoms with Crippen molar-refractivity contribution in [3.8, 4) is 11.6 Å². The minimum Gasteiger partial charge on any atom is -0.465 e. The molecule has 3 aromatic rings. The molecule has 0 unspecified atom stereocenters. The van der Waals surface area contributed by atoms with Crippen LogP contribution in [0.5, 0.6) is 0 Å². The lowest BCUT2D eigenvalue weighted by Gasteiger charge is -2.08. The highest BCUT2D eigenvalue weighted by molar-refractivity contribution is 5.44. The van der Waals surface area contributed by atoms with Gasteiger partial charge in [-0.1, -0.05) is 5.16 Å². The van der Waals surface area contributed by atoms with Crippen LogP contribution in [0.4, 0.5) is 0 Å². The fraction of sp³-hybridized carbons (Fsp3) is 0.286. The van der Waals surface area contributed by atoms with E-state index >= 15 is 0 Å². The van der Waals surface area contributed by atoms with E-state index in [0.717, 1.165) is 11.5 Å². The van der Waals surface area contributed by atoms with Gasteiger partial charge in [-0.15, -0.1) is 0 Å². The molecule has 0 amide bonds. The number of hydrogen-bond acceptors (Lipinski definition) is 6. The first-order valence-electron chi connectivity index (χ1n) is 6.38. The molecule has 0 bridgehead atoms. The average Bonchev–Trinajstić information content (AvgIpc) is 3.16. The normalized spacial score (nSPS) is 12.7. The summed E-state index contributed by atoms with van der Waals surface area (Å²) in [6.07, 6.45) is 1.57. The molecule has 0 spiro atoms. The van der Waals surface area contributed by atoms with Crippen molar-refractivity contribution >= 4 is 0 Å². The van der Waals surface area contributed by atoms with Crippen molar-refractivity contribution in [2.45, 2.75) is 26.4 Å². The van der Waals surface area contributed by atoms with E-state index in [1.807, 2.05) is 26.0 Å². The van der Waals surface area contributed by atoms with Gasteiger partial charge in [0.25, 0.3) is 0 Å². The average molecular weight is 273 g/mol. The molecule has 6 nitrogen and oxygen atoms in total. The molecule has 3 rings (SSSR count). The minimum absolute atomic E-state index is 0.0719. The lowest BCUT2D eigenvalue weighted by atomic mass is 10.2. The highest BCUT2D eigenvalue weighted by atomic mass is 16.5. The molecule has 1 atom stereocenters. The smallest absolute Gasteiger partial charge is 0.241 e. The van der Waals surface area contributed by atoms with Crippen LogP contribution in [0, 0.1) is 6.92 Å². The SMILES string of the molecule is Cc1ccc([C@@H](C)NCc2nc(-c3ccco3)no2)o1. The van der Waals surface area contributed by atoms with E-state index in [1.54, 1.807) is 18.4 Å². The number of hydrogen-bond donors (Lipinski definition) is 1. The molecule has 0 aliphatic carbocycles. The summed E-state index contributed by atoms with van der Waals surface area (Å²) in [5.74, 6) is 3.33. The van der Waals surface area contributed by atoms with Crippen molar-refractivity contribution in [3.63, 3.8) is 0 Å². The predicted octanol–water partition coefficient (Wildman–Crippen LogP) is 3.08. The summed E-state index contributed by atoms with van der Waals surface area (Å²) >= 11 is 0. The number of nitrogens with one attached hydrogen (secondary N) is 1. The van der Waals surface area contributed by atoms with Gasteiger partial charge < -0.3 is 13.4 Å². The van der Waals surface area contributed by atoms with Crippen LogP contribution in [0.3, 0.4) is 0 Å². The Labute approximate surface area is 115 Å². The second kappa shape index (κ2) is 5.34. The lowest BCUT2D eigenvalue weighted by molar-refractivity contribution is 0.348. The first-order chi connectivity index (χ1) is 9.72. The zero-order valence-corrected chi connectivity index (χ0v) is 11.3. The Morgan fingerprint density at radius 2 is 2.20 bits per heavy atom. The lowest BCUT2D eigenvalue weighted by Crippen LogP contribution is -2.17. The molecular weight excluding hydrogens is 258 g/mol. The molecule has 20 heavy (non-hydrogen) atoms. The molecule has 3 aromatic heterocycles. The van der Waals surface area contributed by atoms with Crippen molar-refractivity contribution in [2.75, 3.05) is 0 Å². The van der Waals surface area contributed by atoms with Gasteiger partial charge in [0.2, 0.25) is 11.7 Å². The monoisotopic (exact) mass is 273 g/mol. The van der Waals surface area contributed by atoms with E-state index in [9.17, 15) is 0 Å². The summed E-state index contributed by atoms with van der Waals surface area (Å²) in [5.41, 5.74) is 0. The Morgan fingerprint density at radius 3 is 2.90 bits per heavy atom. The molecule has 0 radical (unpaired) electrons. The van der Waals surface area contributed by atoms with Gasteiger partial charge in [-0.2, -0.15) is 4.98 Å². The molecule has 6 heteroatoms. The Kier molecular flexibility index (Phi) is 3.39. The summed E-state index contributed by atoms with van der Waals surface area (Å²) in [5, 5.41) is 7.14. The third-order valence-electron chi connectivity index (χ3n) is 2.96. The van der Waals surface area contributed by atoms with Crippen molar-refractivity contribution in [3.05, 3.63) is 47.9 Å². The highest BCUT2D eigenvalue weighted by Gasteiger charge is 2.13. The Hall–Kier alpha value is -2.34. The van der Waals surface area contributed by atoms with Gasteiger partial charge in [0.05, 0.1) is 18.8 Å². The van der Waals surface area contributed by atoms with Gasteiger partial charge in [-0.05, 0) is 38.1 Å². The maximum absolute atomic E-state index is 5.55. The Bertz CT molecular complexity index is 669. The molecule has 104 valence electrons. The van der Waals surface area contributed by atoms with Crippen LogP contribution in [0.1, 0.15) is 30.4 Å². The van der Waals surface area contributed by atoms with E-state index in [4.69, 9.17) is 13.4 Å². The number of aryl methyl sites for hydroxylation is 1. The predicted molar refractivity (Wildman–Crippen MR) is 70.7 cm³/mol. The maximum atomic E-state index is 5.55. The molecular formula is C14H15N3O3. The van der Waals surface area contributed by atoms with Crippen molar-refractivity contribution in [1.82, 2.24) is 15.5 Å². The highest BCUT2D eigenvalue weighted by Crippen LogP contribution is 2.18. The van der Waals surface area contributed by atoms with Gasteiger partial charge >= 0.3 is 0 Å². The van der Waals surface area contributed by atoms with Gasteiger partial charge in [0, 0.05) is 0 Å². The van der Waals surface area contributed by atoms with E-state index in [2.05, 4.69) is 15.5 Å². The largest absolute Gasteiger partial charge is 0.465 e. The second-order valence-corrected chi connectivity index (χ2v) is 4.54. The number of rotatable bonds is 5. The summed E-state index contributed by atoms with van der Waals surface area (Å²) in [6.45, 7) is 4.40. The summed E-state index contributed by atoms with van der Waals surface area (Å²) in [7, 11) is 0. The van der Waals surface area contributed by atoms with E-state index in [-0.39, 0.29) is 6.04 Å². The van der Waals surface area contributed by atoms with Crippen LogP contribution in [0.15, 0.2) is 43.9 Å². The zero-order valence-electron chi connectivity index (χ0n) is 11.3. The molecule has 0 aromatic carbocycles. The standard InChI is InChI=1S/C14H15N3O3/c1-9-5-6-11(19-9)10(2)15-8-13-16-14(17-20-13)12-4-3-7-18-12/h3-7,10,15H,8H2,1-2H3/t10-/m1/s1. The third-order valence-corrected chi connectivity index (χ3v) is 2.96. The van der Waals surface area contributed by atoms with Crippen LogP contribution in [-0.2, 0) is 6.54 Å². The fourth-order valence-electron chi connectivity index (χ4n) is 1.86. The first kappa shape index (κ1) is 12.7. The van der Waals surface area contributed by atoms with Crippen LogP contribution < -0.4 is 5.32 Å². The number of aromatic nitrogens is 2. The van der Waals surface area contributed by atoms with Gasteiger partial charge in [-0.25, -0.2) is 0 Å². The topological polar surface area (TPSA) is 77.2 Å². The minimum atomic E-state index is 0.0719. The second-order valence-electron chi connectivity index (χ2n) is 4.54. The summed E-state index contributed by atoms with van der Waals surface area (Å²) in [6, 6.07) is 7.54. The summed E-state index contributed by atoms with van der Waals surface area (Å²) in [4.78, 5) is 4.26. The zero-order chi connectivity index (χ0) is 13.9. The van der Waals surface area contributed by atoms with E-state index in [0.29, 0.717) is 24.0 Å². The van der Waals surface area contributed by atoms with Crippen LogP contribution in [0.2, 0.25) is 0 Å². The van der Waals surface area contributed by atoms with E-state index < -0.39 is 0 Å². The van der Waals surface area contributed by atoms with Gasteiger partial charge in [0.15, 0.2) is 5.76 Å². The fourth-order valence-corrected chi connectivity index (χ4v) is 1.86. The Morgan fingerprint density at radius 1 is 1.30 bits per heavy atom. The van der Waals surface area contributed by atoms with Crippen molar-refractivity contribution < 1.29 is 13.4 Å². The molecule has 0 saturated heterocycles. The van der Waals surface area contributed by atoms with E-state index in [1.165, 1.54) is 0 Å². The third kappa shape index (κ3) is 2.65. The molecule has 0 aliphatic heterocycles. The molecule has 3 heterocycles. The van der Waals surface area contributed by atoms with Crippen LogP contribution in [-0.4, -0.2) is 10.1 Å². The van der Waals surface area contributed by atoms with Crippen molar-refractivity contribution in [1.29, 1.82) is 0 Å². The van der Waals surface area contributed by atoms with Gasteiger partial charge in [-0.3, -0.25) is 5.32 Å². The maximum Gasteiger partial charge on any atom is 0.241 e. The number of nitrogens with zero attached hydrogens (tertiary/aromatic N) is 2. The molecule has 0 saturated carbocycles. The van der Waals surface area contributed by atoms with Crippen LogP contribution in [0.25, 0.3) is 11.6 Å². The van der Waals surface area contributed by atoms with Gasteiger partial charge in [0.1, 0.15) is 11.5 Å². The molecule has 0 fully saturated rings. The molecule has 0 aliphatic rings. The van der Waals surface area contributed by atoms with Crippen molar-refractivity contribution in [2.24, 2.45) is 0 Å². The number of furan rings is 2. The van der Waals surface area contributed by atoms with Crippen LogP contribution >= 0.6 is 0 Å². The molecule has 1 N–H and O–H groups in total. The quantitative estimate of drug-likeness (QED) is 0.769. The first-order valence-corrected chi connectivity index (χ1v) is 6.38.